The molecule has 0 saturated carbocycles. The number of fused-ring (bicyclic) bond motifs is 1. The second-order valence-electron chi connectivity index (χ2n) is 20.1. The largest absolute Gasteiger partial charge is 0.489 e. The molecular formula is C70H53F2N5O6S2. The Bertz CT molecular complexity index is 3790. The summed E-state index contributed by atoms with van der Waals surface area (Å²) in [6.45, 7) is -0.280. The number of carbonyl (C=O) groups excluding carboxylic acids is 3. The molecule has 0 bridgehead atoms. The van der Waals surface area contributed by atoms with E-state index in [2.05, 4.69) is 47.0 Å². The van der Waals surface area contributed by atoms with Gasteiger partial charge < -0.3 is 24.9 Å². The highest BCUT2D eigenvalue weighted by Crippen LogP contribution is 2.45. The molecule has 1 aromatic heterocycles. The predicted molar refractivity (Wildman–Crippen MR) is 326 cm³/mol. The van der Waals surface area contributed by atoms with Crippen molar-refractivity contribution in [3.8, 4) is 5.75 Å². The normalized spacial score (nSPS) is 15.1. The first-order chi connectivity index (χ1) is 41.7. The first-order valence-electron chi connectivity index (χ1n) is 27.4. The molecule has 0 radical (unpaired) electrons. The average Bonchev–Trinajstić information content (AvgIpc) is 3.92. The number of benzene rings is 9. The molecule has 2 N–H and O–H groups in total. The van der Waals surface area contributed by atoms with Gasteiger partial charge in [0.1, 0.15) is 40.7 Å². The summed E-state index contributed by atoms with van der Waals surface area (Å²) < 4.78 is 40.8. The van der Waals surface area contributed by atoms with Crippen molar-refractivity contribution in [3.63, 3.8) is 0 Å². The minimum absolute atomic E-state index is 0.00824. The number of amides is 2. The summed E-state index contributed by atoms with van der Waals surface area (Å²) in [6, 6.07) is 79.3. The van der Waals surface area contributed by atoms with Crippen LogP contribution in [0.1, 0.15) is 56.3 Å². The minimum Gasteiger partial charge on any atom is -0.489 e. The van der Waals surface area contributed by atoms with E-state index in [1.165, 1.54) is 34.1 Å². The highest BCUT2D eigenvalue weighted by molar-refractivity contribution is 8.00. The van der Waals surface area contributed by atoms with E-state index in [0.717, 1.165) is 45.5 Å². The van der Waals surface area contributed by atoms with Gasteiger partial charge in [-0.1, -0.05) is 248 Å². The van der Waals surface area contributed by atoms with Crippen LogP contribution in [0.15, 0.2) is 283 Å². The fourth-order valence-corrected chi connectivity index (χ4v) is 12.9. The second kappa shape index (κ2) is 24.9. The van der Waals surface area contributed by atoms with Crippen LogP contribution in [0, 0.1) is 11.6 Å². The molecule has 9 aromatic carbocycles. The number of oxime groups is 1. The number of aromatic nitrogens is 1. The Balaban J connectivity index is 0.934. The van der Waals surface area contributed by atoms with Gasteiger partial charge in [0.2, 0.25) is 5.60 Å². The highest BCUT2D eigenvalue weighted by atomic mass is 32.2. The zero-order chi connectivity index (χ0) is 58.2. The zero-order valence-corrected chi connectivity index (χ0v) is 47.0. The van der Waals surface area contributed by atoms with Crippen LogP contribution >= 0.6 is 23.1 Å². The van der Waals surface area contributed by atoms with Crippen LogP contribution < -0.4 is 15.4 Å². The zero-order valence-electron chi connectivity index (χ0n) is 45.4. The number of anilines is 1. The molecule has 1 fully saturated rings. The van der Waals surface area contributed by atoms with Crippen molar-refractivity contribution < 1.29 is 37.5 Å². The summed E-state index contributed by atoms with van der Waals surface area (Å²) in [5.74, 6) is -4.27. The van der Waals surface area contributed by atoms with Crippen LogP contribution in [0.4, 0.5) is 13.9 Å². The maximum absolute atomic E-state index is 15.6. The lowest BCUT2D eigenvalue weighted by Gasteiger charge is -2.49. The molecule has 10 aromatic rings. The number of nitrogens with one attached hydrogen (secondary N) is 2. The van der Waals surface area contributed by atoms with Crippen LogP contribution in [0.2, 0.25) is 0 Å². The Labute approximate surface area is 498 Å². The number of hydrogen-bond donors (Lipinski definition) is 2. The maximum Gasteiger partial charge on any atom is 0.356 e. The summed E-state index contributed by atoms with van der Waals surface area (Å²) >= 11 is 2.55. The number of esters is 1. The number of carbonyl (C=O) groups is 3. The minimum atomic E-state index is -1.42. The van der Waals surface area contributed by atoms with Crippen LogP contribution in [0.3, 0.4) is 0 Å². The molecule has 15 heteroatoms. The molecule has 1 unspecified atom stereocenters. The molecule has 2 atom stereocenters. The van der Waals surface area contributed by atoms with Crippen molar-refractivity contribution in [1.29, 1.82) is 0 Å². The van der Waals surface area contributed by atoms with Crippen molar-refractivity contribution in [1.82, 2.24) is 15.2 Å². The van der Waals surface area contributed by atoms with E-state index in [4.69, 9.17) is 24.5 Å². The molecule has 0 spiro atoms. The first kappa shape index (κ1) is 55.6. The van der Waals surface area contributed by atoms with Crippen LogP contribution in [-0.2, 0) is 35.1 Å². The molecule has 420 valence electrons. The van der Waals surface area contributed by atoms with Gasteiger partial charge in [-0.05, 0) is 39.9 Å². The molecule has 2 aliphatic rings. The number of rotatable bonds is 20. The molecule has 12 rings (SSSR count). The van der Waals surface area contributed by atoms with Crippen LogP contribution in [-0.4, -0.2) is 57.2 Å². The third-order valence-electron chi connectivity index (χ3n) is 15.0. The van der Waals surface area contributed by atoms with Gasteiger partial charge in [0, 0.05) is 39.5 Å². The lowest BCUT2D eigenvalue weighted by Crippen LogP contribution is -2.71. The van der Waals surface area contributed by atoms with Crippen molar-refractivity contribution in [2.45, 2.75) is 28.7 Å². The van der Waals surface area contributed by atoms with E-state index >= 15 is 4.79 Å². The number of nitrogens with zero attached hydrogens (tertiary/aromatic N) is 3. The van der Waals surface area contributed by atoms with E-state index in [1.54, 1.807) is 5.38 Å². The third kappa shape index (κ3) is 11.2. The van der Waals surface area contributed by atoms with Gasteiger partial charge in [0.25, 0.3) is 11.8 Å². The van der Waals surface area contributed by atoms with Gasteiger partial charge in [0.05, 0.1) is 0 Å². The molecular weight excluding hydrogens is 1110 g/mol. The van der Waals surface area contributed by atoms with E-state index < -0.39 is 58.1 Å². The summed E-state index contributed by atoms with van der Waals surface area (Å²) in [5, 5.41) is 13.0. The van der Waals surface area contributed by atoms with Crippen molar-refractivity contribution in [2.75, 3.05) is 17.7 Å². The summed E-state index contributed by atoms with van der Waals surface area (Å²) in [4.78, 5) is 59.0. The van der Waals surface area contributed by atoms with Gasteiger partial charge in [-0.3, -0.25) is 14.5 Å². The van der Waals surface area contributed by atoms with Crippen molar-refractivity contribution >= 4 is 51.7 Å². The fraction of sp³-hybridized carbons (Fsp3) is 0.100. The van der Waals surface area contributed by atoms with Crippen LogP contribution in [0.5, 0.6) is 5.75 Å². The van der Waals surface area contributed by atoms with E-state index in [-0.39, 0.29) is 35.2 Å². The Kier molecular flexibility index (Phi) is 16.3. The smallest absolute Gasteiger partial charge is 0.356 e. The quantitative estimate of drug-likeness (QED) is 0.0252. The van der Waals surface area contributed by atoms with Gasteiger partial charge in [0.15, 0.2) is 28.6 Å². The second-order valence-corrected chi connectivity index (χ2v) is 22.1. The van der Waals surface area contributed by atoms with Crippen molar-refractivity contribution in [3.05, 3.63) is 339 Å². The van der Waals surface area contributed by atoms with Gasteiger partial charge in [-0.2, -0.15) is 0 Å². The summed E-state index contributed by atoms with van der Waals surface area (Å²) in [5.41, 5.74) is 4.07. The molecule has 2 aliphatic heterocycles. The molecule has 3 heterocycles. The summed E-state index contributed by atoms with van der Waals surface area (Å²) in [7, 11) is 0. The Hall–Kier alpha value is -9.96. The number of β-lactam (4-membered cyclic amide) rings is 1. The van der Waals surface area contributed by atoms with E-state index in [0.29, 0.717) is 21.8 Å². The standard InChI is InChI=1S/C70H53F2N5O6S2/c71-57-42-41-56(43-58(57)72)81-44-49-45-84-66-61(65(79)77(66)62(49)67(80)82-63(47-25-9-1-10-26-47)48-27-11-2-12-28-48)74-64(78)60(76-83-70(53-35-19-6-20-36-53,54-37-21-7-22-38-54)55-39-23-8-24-40-55)59-46-85-68(73-59)75-69(50-29-13-3-14-30-50,51-31-15-4-16-32-51)52-33-17-5-18-34-52/h1-43,46,61,63,66H,44-45H2,(H,73,75)(H,74,78)/b76-60+/t61?,66-/m1/s1. The number of thioether (sulfide) groups is 1. The van der Waals surface area contributed by atoms with Gasteiger partial charge >= 0.3 is 5.97 Å². The lowest BCUT2D eigenvalue weighted by molar-refractivity contribution is -0.154. The van der Waals surface area contributed by atoms with Crippen molar-refractivity contribution in [2.24, 2.45) is 5.16 Å². The predicted octanol–water partition coefficient (Wildman–Crippen LogP) is 13.6. The SMILES string of the molecule is O=C(OC(c1ccccc1)c1ccccc1)C1=C(COc2ccc(F)c(F)c2)CS[C@@H]2C(NC(=O)/C(=N/OC(c3ccccc3)(c3ccccc3)c3ccccc3)c3csc(NC(c4ccccc4)(c4ccccc4)c4ccccc4)n3)C(=O)N12. The molecule has 0 aliphatic carbocycles. The number of ether oxygens (including phenoxy) is 2. The fourth-order valence-electron chi connectivity index (χ4n) is 10.9. The molecule has 2 amide bonds. The lowest BCUT2D eigenvalue weighted by atomic mass is 9.77. The highest BCUT2D eigenvalue weighted by Gasteiger charge is 2.55. The van der Waals surface area contributed by atoms with Crippen LogP contribution in [0.25, 0.3) is 0 Å². The number of thiazole rings is 1. The van der Waals surface area contributed by atoms with Gasteiger partial charge in [-0.25, -0.2) is 18.6 Å². The average molecular weight is 1160 g/mol. The number of halogens is 2. The number of hydrogen-bond acceptors (Lipinski definition) is 11. The third-order valence-corrected chi connectivity index (χ3v) is 17.0. The van der Waals surface area contributed by atoms with E-state index in [9.17, 15) is 18.4 Å². The van der Waals surface area contributed by atoms with E-state index in [1.807, 2.05) is 206 Å². The Morgan fingerprint density at radius 3 is 1.54 bits per heavy atom. The summed E-state index contributed by atoms with van der Waals surface area (Å²) in [6.07, 6.45) is -0.889. The first-order valence-corrected chi connectivity index (χ1v) is 29.3. The monoisotopic (exact) mass is 1160 g/mol. The molecule has 11 nitrogen and oxygen atoms in total. The Morgan fingerprint density at radius 2 is 1.07 bits per heavy atom. The molecule has 85 heavy (non-hydrogen) atoms. The van der Waals surface area contributed by atoms with Gasteiger partial charge in [-0.15, -0.1) is 23.1 Å². The molecule has 1 saturated heterocycles. The maximum atomic E-state index is 15.6. The topological polar surface area (TPSA) is 131 Å². The Morgan fingerprint density at radius 1 is 0.612 bits per heavy atom.